The quantitative estimate of drug-likeness (QED) is 0.509. The van der Waals surface area contributed by atoms with Crippen LogP contribution in [-0.2, 0) is 20.6 Å². The lowest BCUT2D eigenvalue weighted by atomic mass is 10.3. The molecule has 0 amide bonds. The summed E-state index contributed by atoms with van der Waals surface area (Å²) in [5.41, 5.74) is 3.15. The summed E-state index contributed by atoms with van der Waals surface area (Å²) in [5.74, 6) is 0.680. The molecule has 0 saturated carbocycles. The molecule has 0 spiro atoms. The van der Waals surface area contributed by atoms with Crippen molar-refractivity contribution in [3.8, 4) is 0 Å². The van der Waals surface area contributed by atoms with E-state index in [1.807, 2.05) is 42.5 Å². The Morgan fingerprint density at radius 1 is 1.03 bits per heavy atom. The number of anilines is 1. The van der Waals surface area contributed by atoms with Crippen LogP contribution in [-0.4, -0.2) is 29.6 Å². The fourth-order valence-corrected chi connectivity index (χ4v) is 3.82. The number of hydrogen-bond donors (Lipinski definition) is 1. The standard InChI is InChI=1S/C20H23ClN6O2/c1-12-13(2)27-16-17(24(3)20(29)25(4)18(16)28)23-19(27)26(12)11-5-10-22-15-8-6-14(21)7-9-15/h6-9,22H,5,10-11H2,1-4H3. The van der Waals surface area contributed by atoms with Crippen LogP contribution in [0, 0.1) is 13.8 Å². The third-order valence-corrected chi connectivity index (χ3v) is 5.73. The van der Waals surface area contributed by atoms with Crippen LogP contribution in [0.1, 0.15) is 17.8 Å². The van der Waals surface area contributed by atoms with Gasteiger partial charge in [-0.05, 0) is 44.5 Å². The molecule has 0 bridgehead atoms. The molecule has 0 aliphatic carbocycles. The van der Waals surface area contributed by atoms with Crippen molar-refractivity contribution in [3.05, 3.63) is 61.5 Å². The highest BCUT2D eigenvalue weighted by molar-refractivity contribution is 6.30. The lowest BCUT2D eigenvalue weighted by molar-refractivity contribution is 0.659. The highest BCUT2D eigenvalue weighted by Crippen LogP contribution is 2.21. The molecule has 8 nitrogen and oxygen atoms in total. The normalized spacial score (nSPS) is 11.6. The summed E-state index contributed by atoms with van der Waals surface area (Å²) in [5, 5.41) is 4.09. The first-order valence-corrected chi connectivity index (χ1v) is 9.82. The number of aryl methyl sites for hydroxylation is 3. The predicted octanol–water partition coefficient (Wildman–Crippen LogP) is 2.46. The summed E-state index contributed by atoms with van der Waals surface area (Å²) in [4.78, 5) is 29.7. The molecule has 4 rings (SSSR count). The zero-order valence-electron chi connectivity index (χ0n) is 16.9. The largest absolute Gasteiger partial charge is 0.385 e. The van der Waals surface area contributed by atoms with Gasteiger partial charge in [-0.3, -0.25) is 18.3 Å². The maximum absolute atomic E-state index is 12.8. The minimum absolute atomic E-state index is 0.333. The Balaban J connectivity index is 1.68. The number of fused-ring (bicyclic) bond motifs is 3. The maximum Gasteiger partial charge on any atom is 0.332 e. The van der Waals surface area contributed by atoms with Gasteiger partial charge in [-0.15, -0.1) is 0 Å². The Bertz CT molecular complexity index is 1340. The third kappa shape index (κ3) is 3.04. The Morgan fingerprint density at radius 2 is 1.72 bits per heavy atom. The smallest absolute Gasteiger partial charge is 0.332 e. The summed E-state index contributed by atoms with van der Waals surface area (Å²) in [6, 6.07) is 7.61. The molecular formula is C20H23ClN6O2. The molecule has 152 valence electrons. The van der Waals surface area contributed by atoms with Gasteiger partial charge in [0.15, 0.2) is 11.2 Å². The average Bonchev–Trinajstić information content (AvgIpc) is 3.20. The fraction of sp³-hybridized carbons (Fsp3) is 0.350. The number of rotatable bonds is 5. The van der Waals surface area contributed by atoms with Gasteiger partial charge in [0.25, 0.3) is 5.56 Å². The van der Waals surface area contributed by atoms with E-state index in [9.17, 15) is 9.59 Å². The third-order valence-electron chi connectivity index (χ3n) is 5.48. The number of imidazole rings is 2. The maximum atomic E-state index is 12.8. The molecular weight excluding hydrogens is 392 g/mol. The molecule has 4 aromatic rings. The van der Waals surface area contributed by atoms with Gasteiger partial charge in [-0.25, -0.2) is 4.79 Å². The first-order valence-electron chi connectivity index (χ1n) is 9.44. The number of benzene rings is 1. The van der Waals surface area contributed by atoms with E-state index in [-0.39, 0.29) is 11.2 Å². The van der Waals surface area contributed by atoms with Crippen molar-refractivity contribution in [1.82, 2.24) is 23.1 Å². The number of aromatic nitrogens is 5. The molecule has 0 aliphatic rings. The molecule has 0 saturated heterocycles. The zero-order chi connectivity index (χ0) is 20.9. The predicted molar refractivity (Wildman–Crippen MR) is 115 cm³/mol. The van der Waals surface area contributed by atoms with Gasteiger partial charge >= 0.3 is 5.69 Å². The first-order chi connectivity index (χ1) is 13.8. The monoisotopic (exact) mass is 414 g/mol. The van der Waals surface area contributed by atoms with E-state index in [1.54, 1.807) is 7.05 Å². The van der Waals surface area contributed by atoms with E-state index >= 15 is 0 Å². The van der Waals surface area contributed by atoms with Gasteiger partial charge in [0, 0.05) is 49.3 Å². The van der Waals surface area contributed by atoms with Crippen molar-refractivity contribution in [2.24, 2.45) is 14.1 Å². The van der Waals surface area contributed by atoms with Gasteiger partial charge in [0.2, 0.25) is 5.78 Å². The molecule has 0 radical (unpaired) electrons. The molecule has 3 heterocycles. The molecule has 1 aromatic carbocycles. The van der Waals surface area contributed by atoms with Crippen LogP contribution in [0.2, 0.25) is 5.02 Å². The number of nitrogens with one attached hydrogen (secondary N) is 1. The number of hydrogen-bond acceptors (Lipinski definition) is 4. The summed E-state index contributed by atoms with van der Waals surface area (Å²) in [6.45, 7) is 5.51. The summed E-state index contributed by atoms with van der Waals surface area (Å²) < 4.78 is 6.51. The van der Waals surface area contributed by atoms with Crippen LogP contribution < -0.4 is 16.6 Å². The lowest BCUT2D eigenvalue weighted by Gasteiger charge is -2.09. The van der Waals surface area contributed by atoms with Gasteiger partial charge < -0.3 is 9.88 Å². The minimum atomic E-state index is -0.378. The van der Waals surface area contributed by atoms with E-state index in [1.165, 1.54) is 11.6 Å². The summed E-state index contributed by atoms with van der Waals surface area (Å²) >= 11 is 5.92. The van der Waals surface area contributed by atoms with Gasteiger partial charge in [-0.2, -0.15) is 4.98 Å². The second kappa shape index (κ2) is 7.11. The van der Waals surface area contributed by atoms with Crippen molar-refractivity contribution < 1.29 is 0 Å². The SMILES string of the molecule is Cc1c(C)n2c3c(=O)n(C)c(=O)n(C)c3nc2n1CCCNc1ccc(Cl)cc1. The van der Waals surface area contributed by atoms with Crippen molar-refractivity contribution in [2.45, 2.75) is 26.8 Å². The molecule has 0 atom stereocenters. The van der Waals surface area contributed by atoms with E-state index in [2.05, 4.69) is 14.9 Å². The summed E-state index contributed by atoms with van der Waals surface area (Å²) in [6.07, 6.45) is 0.868. The topological polar surface area (TPSA) is 78.3 Å². The van der Waals surface area contributed by atoms with Crippen LogP contribution in [0.3, 0.4) is 0 Å². The van der Waals surface area contributed by atoms with E-state index < -0.39 is 0 Å². The summed E-state index contributed by atoms with van der Waals surface area (Å²) in [7, 11) is 3.13. The van der Waals surface area contributed by atoms with Gasteiger partial charge in [-0.1, -0.05) is 11.6 Å². The van der Waals surface area contributed by atoms with Gasteiger partial charge in [0.05, 0.1) is 0 Å². The molecule has 3 aromatic heterocycles. The first kappa shape index (κ1) is 19.3. The zero-order valence-corrected chi connectivity index (χ0v) is 17.6. The van der Waals surface area contributed by atoms with E-state index in [0.717, 1.165) is 41.2 Å². The lowest BCUT2D eigenvalue weighted by Crippen LogP contribution is -2.37. The number of halogens is 1. The van der Waals surface area contributed by atoms with Crippen molar-refractivity contribution >= 4 is 34.2 Å². The second-order valence-corrected chi connectivity index (χ2v) is 7.67. The Hall–Kier alpha value is -3.00. The fourth-order valence-electron chi connectivity index (χ4n) is 3.70. The molecule has 29 heavy (non-hydrogen) atoms. The Morgan fingerprint density at radius 3 is 2.41 bits per heavy atom. The van der Waals surface area contributed by atoms with Crippen molar-refractivity contribution in [3.63, 3.8) is 0 Å². The Kier molecular flexibility index (Phi) is 4.74. The van der Waals surface area contributed by atoms with Crippen molar-refractivity contribution in [1.29, 1.82) is 0 Å². The van der Waals surface area contributed by atoms with Crippen LogP contribution >= 0.6 is 11.6 Å². The van der Waals surface area contributed by atoms with Crippen LogP contribution in [0.25, 0.3) is 16.9 Å². The van der Waals surface area contributed by atoms with E-state index in [0.29, 0.717) is 22.0 Å². The molecule has 1 N–H and O–H groups in total. The number of nitrogens with zero attached hydrogens (tertiary/aromatic N) is 5. The van der Waals surface area contributed by atoms with Gasteiger partial charge in [0.1, 0.15) is 0 Å². The molecule has 0 fully saturated rings. The highest BCUT2D eigenvalue weighted by Gasteiger charge is 2.21. The van der Waals surface area contributed by atoms with Crippen LogP contribution in [0.5, 0.6) is 0 Å². The molecule has 9 heteroatoms. The molecule has 0 unspecified atom stereocenters. The average molecular weight is 415 g/mol. The minimum Gasteiger partial charge on any atom is -0.385 e. The van der Waals surface area contributed by atoms with Crippen LogP contribution in [0.15, 0.2) is 33.9 Å². The van der Waals surface area contributed by atoms with Crippen LogP contribution in [0.4, 0.5) is 5.69 Å². The van der Waals surface area contributed by atoms with Crippen molar-refractivity contribution in [2.75, 3.05) is 11.9 Å². The molecule has 0 aliphatic heterocycles. The Labute approximate surface area is 172 Å². The highest BCUT2D eigenvalue weighted by atomic mass is 35.5. The second-order valence-electron chi connectivity index (χ2n) is 7.23. The van der Waals surface area contributed by atoms with E-state index in [4.69, 9.17) is 11.6 Å².